The van der Waals surface area contributed by atoms with Crippen LogP contribution in [0.1, 0.15) is 49.3 Å². The summed E-state index contributed by atoms with van der Waals surface area (Å²) in [6.45, 7) is 0. The van der Waals surface area contributed by atoms with Crippen LogP contribution in [0.25, 0.3) is 17.0 Å². The zero-order valence-corrected chi connectivity index (χ0v) is 17.0. The van der Waals surface area contributed by atoms with Gasteiger partial charge < -0.3 is 11.1 Å². The number of rotatable bonds is 4. The highest BCUT2D eigenvalue weighted by atomic mass is 35.5. The number of carbonyl (C=O) groups excluding carboxylic acids is 1. The first kappa shape index (κ1) is 19.5. The average molecular weight is 406 g/mol. The van der Waals surface area contributed by atoms with Gasteiger partial charge in [0, 0.05) is 39.5 Å². The number of nitrogens with zero attached hydrogens (tertiary/aromatic N) is 1. The van der Waals surface area contributed by atoms with Crippen LogP contribution in [0, 0.1) is 0 Å². The summed E-state index contributed by atoms with van der Waals surface area (Å²) in [6, 6.07) is 15.0. The zero-order chi connectivity index (χ0) is 20.2. The third-order valence-corrected chi connectivity index (χ3v) is 5.70. The number of benzene rings is 2. The summed E-state index contributed by atoms with van der Waals surface area (Å²) in [5, 5.41) is 4.42. The van der Waals surface area contributed by atoms with Gasteiger partial charge in [0.05, 0.1) is 5.52 Å². The highest BCUT2D eigenvalue weighted by Crippen LogP contribution is 2.34. The molecule has 0 unspecified atom stereocenters. The molecule has 1 aromatic heterocycles. The minimum Gasteiger partial charge on any atom is -0.398 e. The Labute approximate surface area is 175 Å². The lowest BCUT2D eigenvalue weighted by molar-refractivity contribution is -0.111. The first-order valence-electron chi connectivity index (χ1n) is 10.0. The van der Waals surface area contributed by atoms with Gasteiger partial charge in [-0.25, -0.2) is 0 Å². The normalized spacial score (nSPS) is 15.1. The fourth-order valence-electron chi connectivity index (χ4n) is 3.89. The lowest BCUT2D eigenvalue weighted by Gasteiger charge is -2.21. The van der Waals surface area contributed by atoms with E-state index in [-0.39, 0.29) is 5.91 Å². The number of fused-ring (bicyclic) bond motifs is 1. The Morgan fingerprint density at radius 1 is 1.07 bits per heavy atom. The van der Waals surface area contributed by atoms with Crippen LogP contribution in [0.5, 0.6) is 0 Å². The average Bonchev–Trinajstić information content (AvgIpc) is 2.74. The molecule has 4 nitrogen and oxygen atoms in total. The number of pyridine rings is 1. The van der Waals surface area contributed by atoms with Gasteiger partial charge in [0.2, 0.25) is 5.91 Å². The summed E-state index contributed by atoms with van der Waals surface area (Å²) in [4.78, 5) is 17.1. The zero-order valence-electron chi connectivity index (χ0n) is 16.2. The standard InChI is InChI=1S/C24H24ClN3O/c25-18-9-6-16(7-10-18)8-13-24(29)27-19-11-12-22-20(14-19)21(26)15-23(28-22)17-4-2-1-3-5-17/h6-15,17H,1-5H2,(H2,26,28)(H,27,29)/b13-8+. The quantitative estimate of drug-likeness (QED) is 0.510. The van der Waals surface area contributed by atoms with E-state index in [1.54, 1.807) is 18.2 Å². The first-order valence-corrected chi connectivity index (χ1v) is 10.4. The Kier molecular flexibility index (Phi) is 5.81. The third kappa shape index (κ3) is 4.77. The van der Waals surface area contributed by atoms with Crippen molar-refractivity contribution in [1.29, 1.82) is 0 Å². The van der Waals surface area contributed by atoms with Crippen molar-refractivity contribution in [3.8, 4) is 0 Å². The maximum Gasteiger partial charge on any atom is 0.248 e. The number of nitrogens with one attached hydrogen (secondary N) is 1. The van der Waals surface area contributed by atoms with Crippen LogP contribution >= 0.6 is 11.6 Å². The number of nitrogens with two attached hydrogens (primary N) is 1. The van der Waals surface area contributed by atoms with Crippen molar-refractivity contribution in [2.75, 3.05) is 11.1 Å². The fraction of sp³-hybridized carbons (Fsp3) is 0.250. The minimum absolute atomic E-state index is 0.204. The monoisotopic (exact) mass is 405 g/mol. The molecule has 3 N–H and O–H groups in total. The number of anilines is 2. The van der Waals surface area contributed by atoms with Gasteiger partial charge in [0.25, 0.3) is 0 Å². The van der Waals surface area contributed by atoms with E-state index < -0.39 is 0 Å². The van der Waals surface area contributed by atoms with Crippen LogP contribution < -0.4 is 11.1 Å². The molecule has 1 heterocycles. The SMILES string of the molecule is Nc1cc(C2CCCCC2)nc2ccc(NC(=O)/C=C/c3ccc(Cl)cc3)cc12. The molecule has 0 bridgehead atoms. The van der Waals surface area contributed by atoms with Gasteiger partial charge in [0.15, 0.2) is 0 Å². The summed E-state index contributed by atoms with van der Waals surface area (Å²) < 4.78 is 0. The summed E-state index contributed by atoms with van der Waals surface area (Å²) in [7, 11) is 0. The highest BCUT2D eigenvalue weighted by Gasteiger charge is 2.18. The molecule has 4 rings (SSSR count). The van der Waals surface area contributed by atoms with Crippen LogP contribution in [0.3, 0.4) is 0 Å². The van der Waals surface area contributed by atoms with Gasteiger partial charge >= 0.3 is 0 Å². The second-order valence-corrected chi connectivity index (χ2v) is 8.01. The van der Waals surface area contributed by atoms with Gasteiger partial charge in [-0.3, -0.25) is 9.78 Å². The molecule has 1 aliphatic carbocycles. The number of hydrogen-bond donors (Lipinski definition) is 2. The van der Waals surface area contributed by atoms with Crippen LogP contribution in [0.4, 0.5) is 11.4 Å². The van der Waals surface area contributed by atoms with Crippen LogP contribution in [-0.4, -0.2) is 10.9 Å². The Morgan fingerprint density at radius 2 is 1.83 bits per heavy atom. The number of amides is 1. The van der Waals surface area contributed by atoms with Crippen molar-refractivity contribution in [3.05, 3.63) is 70.9 Å². The fourth-order valence-corrected chi connectivity index (χ4v) is 4.01. The van der Waals surface area contributed by atoms with Gasteiger partial charge in [0.1, 0.15) is 0 Å². The molecule has 0 aliphatic heterocycles. The highest BCUT2D eigenvalue weighted by molar-refractivity contribution is 6.30. The van der Waals surface area contributed by atoms with Crippen molar-refractivity contribution in [3.63, 3.8) is 0 Å². The molecule has 1 amide bonds. The lowest BCUT2D eigenvalue weighted by atomic mass is 9.86. The number of nitrogen functional groups attached to an aromatic ring is 1. The second kappa shape index (κ2) is 8.66. The van der Waals surface area contributed by atoms with E-state index in [2.05, 4.69) is 5.32 Å². The first-order chi connectivity index (χ1) is 14.1. The molecule has 0 saturated heterocycles. The molecule has 2 aromatic carbocycles. The predicted molar refractivity (Wildman–Crippen MR) is 121 cm³/mol. The van der Waals surface area contributed by atoms with E-state index in [4.69, 9.17) is 22.3 Å². The van der Waals surface area contributed by atoms with E-state index in [9.17, 15) is 4.79 Å². The molecule has 5 heteroatoms. The van der Waals surface area contributed by atoms with Crippen molar-refractivity contribution in [2.45, 2.75) is 38.0 Å². The van der Waals surface area contributed by atoms with E-state index in [0.29, 0.717) is 22.3 Å². The molecule has 0 radical (unpaired) electrons. The lowest BCUT2D eigenvalue weighted by Crippen LogP contribution is -2.09. The van der Waals surface area contributed by atoms with Crippen molar-refractivity contribution in [2.24, 2.45) is 0 Å². The van der Waals surface area contributed by atoms with Gasteiger partial charge in [-0.2, -0.15) is 0 Å². The molecular weight excluding hydrogens is 382 g/mol. The Hall–Kier alpha value is -2.85. The number of hydrogen-bond acceptors (Lipinski definition) is 3. The topological polar surface area (TPSA) is 68.0 Å². The maximum atomic E-state index is 12.3. The summed E-state index contributed by atoms with van der Waals surface area (Å²) in [5.74, 6) is 0.303. The van der Waals surface area contributed by atoms with E-state index >= 15 is 0 Å². The molecule has 3 aromatic rings. The molecule has 1 aliphatic rings. The molecule has 1 fully saturated rings. The van der Waals surface area contributed by atoms with Crippen LogP contribution in [0.15, 0.2) is 54.6 Å². The smallest absolute Gasteiger partial charge is 0.248 e. The number of halogens is 1. The largest absolute Gasteiger partial charge is 0.398 e. The van der Waals surface area contributed by atoms with Gasteiger partial charge in [-0.15, -0.1) is 0 Å². The molecule has 148 valence electrons. The van der Waals surface area contributed by atoms with Crippen molar-refractivity contribution in [1.82, 2.24) is 4.98 Å². The number of carbonyl (C=O) groups is 1. The van der Waals surface area contributed by atoms with Crippen molar-refractivity contribution < 1.29 is 4.79 Å². The van der Waals surface area contributed by atoms with Crippen LogP contribution in [0.2, 0.25) is 5.02 Å². The molecule has 1 saturated carbocycles. The maximum absolute atomic E-state index is 12.3. The van der Waals surface area contributed by atoms with E-state index in [1.807, 2.05) is 36.4 Å². The molecule has 0 spiro atoms. The Bertz CT molecular complexity index is 1050. The van der Waals surface area contributed by atoms with Gasteiger partial charge in [-0.05, 0) is 60.9 Å². The minimum atomic E-state index is -0.204. The summed E-state index contributed by atoms with van der Waals surface area (Å²) in [5.41, 5.74) is 10.6. The van der Waals surface area contributed by atoms with Crippen molar-refractivity contribution >= 4 is 45.9 Å². The number of aromatic nitrogens is 1. The molecule has 29 heavy (non-hydrogen) atoms. The Balaban J connectivity index is 1.50. The second-order valence-electron chi connectivity index (χ2n) is 7.58. The summed E-state index contributed by atoms with van der Waals surface area (Å²) in [6.07, 6.45) is 9.46. The van der Waals surface area contributed by atoms with E-state index in [1.165, 1.54) is 38.2 Å². The van der Waals surface area contributed by atoms with E-state index in [0.717, 1.165) is 22.2 Å². The van der Waals surface area contributed by atoms with Gasteiger partial charge in [-0.1, -0.05) is 43.0 Å². The third-order valence-electron chi connectivity index (χ3n) is 5.45. The molecular formula is C24H24ClN3O. The summed E-state index contributed by atoms with van der Waals surface area (Å²) >= 11 is 5.88. The predicted octanol–water partition coefficient (Wildman–Crippen LogP) is 6.17. The van der Waals surface area contributed by atoms with Crippen LogP contribution in [-0.2, 0) is 4.79 Å². The molecule has 0 atom stereocenters. The Morgan fingerprint density at radius 3 is 2.59 bits per heavy atom.